The Bertz CT molecular complexity index is 3210. The molecule has 0 radical (unpaired) electrons. The fourth-order valence-corrected chi connectivity index (χ4v) is 8.92. The molecule has 4 heterocycles. The van der Waals surface area contributed by atoms with Gasteiger partial charge < -0.3 is 29.5 Å². The molecule has 0 amide bonds. The van der Waals surface area contributed by atoms with E-state index in [1.807, 2.05) is 36.4 Å². The summed E-state index contributed by atoms with van der Waals surface area (Å²) in [5.41, 5.74) is 8.83. The summed E-state index contributed by atoms with van der Waals surface area (Å²) in [6, 6.07) is 31.3. The quantitative estimate of drug-likeness (QED) is 0.0479. The first-order valence-corrected chi connectivity index (χ1v) is 26.1. The molecular weight excluding hydrogens is 949 g/mol. The summed E-state index contributed by atoms with van der Waals surface area (Å²) in [6.45, 7) is 6.60. The number of phenols is 3. The summed E-state index contributed by atoms with van der Waals surface area (Å²) in [4.78, 5) is 17.4. The lowest BCUT2D eigenvalue weighted by atomic mass is 10.1. The van der Waals surface area contributed by atoms with Crippen molar-refractivity contribution in [2.45, 2.75) is 117 Å². The molecule has 10 aromatic rings. The largest absolute Gasteiger partial charge is 0.505 e. The van der Waals surface area contributed by atoms with Crippen LogP contribution in [0.4, 0.5) is 0 Å². The van der Waals surface area contributed by atoms with E-state index in [0.29, 0.717) is 33.6 Å². The minimum absolute atomic E-state index is 0.162. The minimum atomic E-state index is -0.257. The number of aromatic hydroxyl groups is 3. The number of aryl methyl sites for hydroxylation is 3. The molecule has 18 heteroatoms. The van der Waals surface area contributed by atoms with Crippen LogP contribution >= 0.6 is 0 Å². The third kappa shape index (κ3) is 12.1. The molecule has 10 rings (SSSR count). The molecule has 0 saturated heterocycles. The van der Waals surface area contributed by atoms with Crippen molar-refractivity contribution in [3.8, 4) is 69.6 Å². The number of hydrogen-bond acceptors (Lipinski definition) is 15. The predicted molar refractivity (Wildman–Crippen MR) is 285 cm³/mol. The number of aromatic nitrogens is 12. The van der Waals surface area contributed by atoms with Gasteiger partial charge in [0.2, 0.25) is 0 Å². The third-order valence-corrected chi connectivity index (χ3v) is 13.0. The number of rotatable bonds is 24. The van der Waals surface area contributed by atoms with Gasteiger partial charge in [-0.05, 0) is 128 Å². The molecule has 384 valence electrons. The van der Waals surface area contributed by atoms with Gasteiger partial charge in [-0.25, -0.2) is 0 Å². The lowest BCUT2D eigenvalue weighted by Crippen LogP contribution is -2.03. The molecule has 0 aliphatic carbocycles. The summed E-state index contributed by atoms with van der Waals surface area (Å²) in [5.74, 6) is 0.0151. The number of ether oxygens (including phenoxy) is 3. The first kappa shape index (κ1) is 49.9. The van der Waals surface area contributed by atoms with Crippen LogP contribution in [-0.2, 0) is 19.3 Å². The maximum atomic E-state index is 11.3. The van der Waals surface area contributed by atoms with Crippen molar-refractivity contribution in [1.29, 1.82) is 0 Å². The van der Waals surface area contributed by atoms with E-state index in [-0.39, 0.29) is 52.5 Å². The molecule has 6 aromatic carbocycles. The van der Waals surface area contributed by atoms with E-state index in [9.17, 15) is 15.3 Å². The van der Waals surface area contributed by atoms with Gasteiger partial charge >= 0.3 is 18.0 Å². The van der Waals surface area contributed by atoms with Crippen LogP contribution in [0.1, 0.15) is 115 Å². The summed E-state index contributed by atoms with van der Waals surface area (Å²) >= 11 is 0. The first-order valence-electron chi connectivity index (χ1n) is 26.1. The zero-order valence-corrected chi connectivity index (χ0v) is 42.4. The van der Waals surface area contributed by atoms with Gasteiger partial charge in [-0.1, -0.05) is 96.8 Å². The molecule has 75 heavy (non-hydrogen) atoms. The van der Waals surface area contributed by atoms with Crippen LogP contribution in [0.25, 0.3) is 50.2 Å². The zero-order valence-electron chi connectivity index (χ0n) is 42.4. The van der Waals surface area contributed by atoms with Crippen molar-refractivity contribution in [1.82, 2.24) is 59.9 Å². The van der Waals surface area contributed by atoms with Gasteiger partial charge in [-0.2, -0.15) is 0 Å². The van der Waals surface area contributed by atoms with Gasteiger partial charge in [-0.3, -0.25) is 0 Å². The van der Waals surface area contributed by atoms with Crippen LogP contribution in [0.5, 0.6) is 52.5 Å². The second-order valence-electron chi connectivity index (χ2n) is 18.8. The highest BCUT2D eigenvalue weighted by atomic mass is 16.5. The maximum Gasteiger partial charge on any atom is 0.331 e. The van der Waals surface area contributed by atoms with E-state index in [1.165, 1.54) is 107 Å². The van der Waals surface area contributed by atoms with Crippen molar-refractivity contribution in [2.75, 3.05) is 0 Å². The van der Waals surface area contributed by atoms with Gasteiger partial charge in [0.15, 0.2) is 0 Å². The Morgan fingerprint density at radius 1 is 0.333 bits per heavy atom. The average Bonchev–Trinajstić information content (AvgIpc) is 4.15. The normalized spacial score (nSPS) is 11.6. The highest BCUT2D eigenvalue weighted by Crippen LogP contribution is 2.35. The molecule has 0 saturated carbocycles. The zero-order chi connectivity index (χ0) is 51.7. The van der Waals surface area contributed by atoms with Gasteiger partial charge in [0.25, 0.3) is 0 Å². The molecule has 0 fully saturated rings. The minimum Gasteiger partial charge on any atom is -0.505 e. The lowest BCUT2D eigenvalue weighted by Gasteiger charge is -2.11. The number of nitrogens with zero attached hydrogens (tertiary/aromatic N) is 12. The van der Waals surface area contributed by atoms with Gasteiger partial charge in [0.1, 0.15) is 84.7 Å². The SMILES string of the molecule is CCCCCCc1ccc2nn(-c3ccc(Oc4nc(Oc5ccc(-n6nc7ccc(CCCCCC)cc7n6)c(O)c5)nc(Oc5ccc(-n6nc7ccc(CCCCCC)cc7n6)c(O)c5)n4)cc3O)nc2c1. The van der Waals surface area contributed by atoms with E-state index in [0.717, 1.165) is 55.1 Å². The molecule has 0 aliphatic heterocycles. The Balaban J connectivity index is 0.899. The number of unbranched alkanes of at least 4 members (excludes halogenated alkanes) is 9. The van der Waals surface area contributed by atoms with E-state index in [4.69, 9.17) is 14.2 Å². The predicted octanol–water partition coefficient (Wildman–Crippen LogP) is 12.9. The molecule has 4 aromatic heterocycles. The van der Waals surface area contributed by atoms with Gasteiger partial charge in [0.05, 0.1) is 0 Å². The fraction of sp³-hybridized carbons (Fsp3) is 0.316. The summed E-state index contributed by atoms with van der Waals surface area (Å²) in [6.07, 6.45) is 16.9. The average molecular weight is 1010 g/mol. The Kier molecular flexibility index (Phi) is 15.3. The highest BCUT2D eigenvalue weighted by molar-refractivity contribution is 5.76. The monoisotopic (exact) mass is 1010 g/mol. The van der Waals surface area contributed by atoms with Crippen LogP contribution in [0.2, 0.25) is 0 Å². The molecule has 0 spiro atoms. The number of fused-ring (bicyclic) bond motifs is 3. The van der Waals surface area contributed by atoms with Gasteiger partial charge in [-0.15, -0.1) is 59.9 Å². The topological polar surface area (TPSA) is 219 Å². The van der Waals surface area contributed by atoms with Crippen molar-refractivity contribution in [3.63, 3.8) is 0 Å². The van der Waals surface area contributed by atoms with E-state index in [2.05, 4.69) is 84.5 Å². The van der Waals surface area contributed by atoms with Crippen LogP contribution in [0, 0.1) is 0 Å². The van der Waals surface area contributed by atoms with Crippen LogP contribution in [0.3, 0.4) is 0 Å². The molecule has 3 N–H and O–H groups in total. The third-order valence-electron chi connectivity index (χ3n) is 13.0. The van der Waals surface area contributed by atoms with Crippen LogP contribution < -0.4 is 14.2 Å². The molecule has 0 atom stereocenters. The van der Waals surface area contributed by atoms with E-state index in [1.54, 1.807) is 36.4 Å². The molecule has 0 bridgehead atoms. The van der Waals surface area contributed by atoms with Crippen LogP contribution in [-0.4, -0.2) is 75.3 Å². The maximum absolute atomic E-state index is 11.3. The summed E-state index contributed by atoms with van der Waals surface area (Å²) < 4.78 is 18.3. The Labute approximate surface area is 433 Å². The van der Waals surface area contributed by atoms with E-state index >= 15 is 0 Å². The smallest absolute Gasteiger partial charge is 0.331 e. The lowest BCUT2D eigenvalue weighted by molar-refractivity contribution is 0.359. The standard InChI is InChI=1S/C57H60N12O6/c1-4-7-10-13-16-37-19-25-43-46(31-37)64-67(61-43)49-28-22-40(34-52(49)70)73-55-58-56(74-41-23-29-50(53(71)35-41)68-62-44-26-20-38(32-47(44)65-68)17-14-11-8-5-2)60-57(59-55)75-42-24-30-51(54(72)36-42)69-63-45-27-21-39(33-48(45)66-69)18-15-12-9-6-3/h19-36,70-72H,4-18H2,1-3H3. The van der Waals surface area contributed by atoms with Crippen molar-refractivity contribution in [2.24, 2.45) is 0 Å². The summed E-state index contributed by atoms with van der Waals surface area (Å²) in [5, 5.41) is 61.7. The Hall–Kier alpha value is -8.67. The first-order chi connectivity index (χ1) is 36.7. The molecular formula is C57H60N12O6. The fourth-order valence-electron chi connectivity index (χ4n) is 8.92. The summed E-state index contributed by atoms with van der Waals surface area (Å²) in [7, 11) is 0. The Morgan fingerprint density at radius 2 is 0.627 bits per heavy atom. The van der Waals surface area contributed by atoms with Gasteiger partial charge in [0, 0.05) is 18.2 Å². The van der Waals surface area contributed by atoms with Crippen LogP contribution in [0.15, 0.2) is 109 Å². The molecule has 0 aliphatic rings. The van der Waals surface area contributed by atoms with Crippen molar-refractivity contribution < 1.29 is 29.5 Å². The van der Waals surface area contributed by atoms with E-state index < -0.39 is 0 Å². The highest BCUT2D eigenvalue weighted by Gasteiger charge is 2.19. The van der Waals surface area contributed by atoms with Crippen molar-refractivity contribution in [3.05, 3.63) is 126 Å². The van der Waals surface area contributed by atoms with Crippen molar-refractivity contribution >= 4 is 33.1 Å². The number of benzene rings is 6. The molecule has 0 unspecified atom stereocenters. The second-order valence-corrected chi connectivity index (χ2v) is 18.8. The number of hydrogen-bond donors (Lipinski definition) is 3. The molecule has 18 nitrogen and oxygen atoms in total. The number of phenolic OH excluding ortho intramolecular Hbond substituents is 3. The second kappa shape index (κ2) is 23.0. The Morgan fingerprint density at radius 3 is 0.907 bits per heavy atom.